The van der Waals surface area contributed by atoms with Gasteiger partial charge in [0.15, 0.2) is 0 Å². The fourth-order valence-electron chi connectivity index (χ4n) is 2.29. The molecule has 3 aromatic rings. The molecule has 3 nitrogen and oxygen atoms in total. The Bertz CT molecular complexity index is 779. The van der Waals surface area contributed by atoms with E-state index in [2.05, 4.69) is 11.4 Å². The minimum atomic E-state index is -0.0324. The highest BCUT2D eigenvalue weighted by Crippen LogP contribution is 2.19. The Labute approximate surface area is 123 Å². The van der Waals surface area contributed by atoms with Crippen LogP contribution in [0.3, 0.4) is 0 Å². The van der Waals surface area contributed by atoms with E-state index >= 15 is 0 Å². The van der Waals surface area contributed by atoms with Gasteiger partial charge in [-0.05, 0) is 40.6 Å². The maximum Gasteiger partial charge on any atom is 0.228 e. The van der Waals surface area contributed by atoms with Crippen molar-refractivity contribution in [3.63, 3.8) is 0 Å². The fourth-order valence-corrected chi connectivity index (χ4v) is 2.29. The molecule has 0 saturated carbocycles. The van der Waals surface area contributed by atoms with E-state index in [1.165, 1.54) is 0 Å². The number of fused-ring (bicyclic) bond motifs is 1. The number of nitrogens with one attached hydrogen (secondary N) is 1. The molecule has 1 amide bonds. The Morgan fingerprint density at radius 3 is 2.38 bits per heavy atom. The van der Waals surface area contributed by atoms with Gasteiger partial charge in [0.1, 0.15) is 0 Å². The molecule has 0 fully saturated rings. The molecule has 0 radical (unpaired) electrons. The average molecular weight is 276 g/mol. The van der Waals surface area contributed by atoms with E-state index < -0.39 is 0 Å². The molecular formula is C18H16N2O. The second-order valence-corrected chi connectivity index (χ2v) is 5.03. The number of nitrogen functional groups attached to an aromatic ring is 1. The van der Waals surface area contributed by atoms with Gasteiger partial charge in [0.05, 0.1) is 6.42 Å². The molecule has 0 heterocycles. The second kappa shape index (κ2) is 5.67. The summed E-state index contributed by atoms with van der Waals surface area (Å²) in [6, 6.07) is 21.3. The minimum Gasteiger partial charge on any atom is -0.399 e. The van der Waals surface area contributed by atoms with Crippen molar-refractivity contribution in [3.05, 3.63) is 72.3 Å². The number of amides is 1. The van der Waals surface area contributed by atoms with Gasteiger partial charge in [-0.15, -0.1) is 0 Å². The quantitative estimate of drug-likeness (QED) is 0.718. The van der Waals surface area contributed by atoms with E-state index in [0.717, 1.165) is 22.0 Å². The van der Waals surface area contributed by atoms with E-state index in [4.69, 9.17) is 5.73 Å². The Morgan fingerprint density at radius 2 is 1.62 bits per heavy atom. The fraction of sp³-hybridized carbons (Fsp3) is 0.0556. The first-order valence-corrected chi connectivity index (χ1v) is 6.84. The van der Waals surface area contributed by atoms with Crippen molar-refractivity contribution in [2.24, 2.45) is 0 Å². The number of rotatable bonds is 3. The molecule has 3 heteroatoms. The molecule has 0 spiro atoms. The zero-order valence-electron chi connectivity index (χ0n) is 11.5. The van der Waals surface area contributed by atoms with Crippen molar-refractivity contribution >= 4 is 28.1 Å². The van der Waals surface area contributed by atoms with E-state index in [0.29, 0.717) is 12.1 Å². The van der Waals surface area contributed by atoms with Gasteiger partial charge in [-0.1, -0.05) is 42.5 Å². The van der Waals surface area contributed by atoms with Crippen LogP contribution in [-0.4, -0.2) is 5.91 Å². The molecule has 3 aromatic carbocycles. The van der Waals surface area contributed by atoms with Crippen molar-refractivity contribution in [1.29, 1.82) is 0 Å². The van der Waals surface area contributed by atoms with Gasteiger partial charge in [0.2, 0.25) is 5.91 Å². The third-order valence-corrected chi connectivity index (χ3v) is 3.38. The number of anilines is 2. The Balaban J connectivity index is 1.72. The smallest absolute Gasteiger partial charge is 0.228 e. The molecule has 3 rings (SSSR count). The van der Waals surface area contributed by atoms with Crippen LogP contribution in [-0.2, 0) is 11.2 Å². The molecule has 0 aliphatic rings. The average Bonchev–Trinajstić information content (AvgIpc) is 2.49. The van der Waals surface area contributed by atoms with Crippen molar-refractivity contribution in [3.8, 4) is 0 Å². The maximum absolute atomic E-state index is 12.1. The number of carbonyl (C=O) groups is 1. The van der Waals surface area contributed by atoms with Gasteiger partial charge in [-0.3, -0.25) is 4.79 Å². The molecule has 0 unspecified atom stereocenters. The van der Waals surface area contributed by atoms with Crippen LogP contribution in [0.25, 0.3) is 10.8 Å². The summed E-state index contributed by atoms with van der Waals surface area (Å²) in [7, 11) is 0. The topological polar surface area (TPSA) is 55.1 Å². The summed E-state index contributed by atoms with van der Waals surface area (Å²) < 4.78 is 0. The van der Waals surface area contributed by atoms with E-state index in [1.807, 2.05) is 48.5 Å². The van der Waals surface area contributed by atoms with Crippen LogP contribution in [0.15, 0.2) is 66.7 Å². The lowest BCUT2D eigenvalue weighted by molar-refractivity contribution is -0.115. The monoisotopic (exact) mass is 276 g/mol. The normalized spacial score (nSPS) is 10.5. The van der Waals surface area contributed by atoms with Gasteiger partial charge < -0.3 is 11.1 Å². The molecule has 0 aliphatic heterocycles. The van der Waals surface area contributed by atoms with Crippen molar-refractivity contribution in [2.75, 3.05) is 11.1 Å². The van der Waals surface area contributed by atoms with Crippen LogP contribution >= 0.6 is 0 Å². The first-order chi connectivity index (χ1) is 10.2. The number of nitrogens with two attached hydrogens (primary N) is 1. The maximum atomic E-state index is 12.1. The van der Waals surface area contributed by atoms with E-state index in [-0.39, 0.29) is 5.91 Å². The molecule has 3 N–H and O–H groups in total. The highest BCUT2D eigenvalue weighted by Gasteiger charge is 2.04. The van der Waals surface area contributed by atoms with Crippen molar-refractivity contribution in [1.82, 2.24) is 0 Å². The Hall–Kier alpha value is -2.81. The van der Waals surface area contributed by atoms with Crippen LogP contribution in [0.4, 0.5) is 11.4 Å². The number of hydrogen-bond donors (Lipinski definition) is 2. The highest BCUT2D eigenvalue weighted by atomic mass is 16.1. The first-order valence-electron chi connectivity index (χ1n) is 6.84. The standard InChI is InChI=1S/C18H16N2O/c19-16-8-5-13(6-9-16)11-18(21)20-17-10-7-14-3-1-2-4-15(14)12-17/h1-10,12H,11,19H2,(H,20,21). The van der Waals surface area contributed by atoms with Crippen molar-refractivity contribution in [2.45, 2.75) is 6.42 Å². The van der Waals surface area contributed by atoms with Gasteiger partial charge in [0.25, 0.3) is 0 Å². The summed E-state index contributed by atoms with van der Waals surface area (Å²) >= 11 is 0. The summed E-state index contributed by atoms with van der Waals surface area (Å²) in [4.78, 5) is 12.1. The predicted octanol–water partition coefficient (Wildman–Crippen LogP) is 3.60. The summed E-state index contributed by atoms with van der Waals surface area (Å²) in [6.07, 6.45) is 0.340. The minimum absolute atomic E-state index is 0.0324. The lowest BCUT2D eigenvalue weighted by Gasteiger charge is -2.07. The third kappa shape index (κ3) is 3.20. The molecule has 0 saturated heterocycles. The van der Waals surface area contributed by atoms with Crippen LogP contribution in [0.1, 0.15) is 5.56 Å². The van der Waals surface area contributed by atoms with Crippen molar-refractivity contribution < 1.29 is 4.79 Å². The third-order valence-electron chi connectivity index (χ3n) is 3.38. The van der Waals surface area contributed by atoms with Crippen LogP contribution in [0, 0.1) is 0 Å². The second-order valence-electron chi connectivity index (χ2n) is 5.03. The molecule has 104 valence electrons. The predicted molar refractivity (Wildman–Crippen MR) is 87.1 cm³/mol. The largest absolute Gasteiger partial charge is 0.399 e. The van der Waals surface area contributed by atoms with Crippen LogP contribution < -0.4 is 11.1 Å². The number of hydrogen-bond acceptors (Lipinski definition) is 2. The molecule has 0 bridgehead atoms. The lowest BCUT2D eigenvalue weighted by atomic mass is 10.1. The van der Waals surface area contributed by atoms with Crippen LogP contribution in [0.5, 0.6) is 0 Å². The molecule has 0 aliphatic carbocycles. The van der Waals surface area contributed by atoms with E-state index in [1.54, 1.807) is 12.1 Å². The summed E-state index contributed by atoms with van der Waals surface area (Å²) in [5.74, 6) is -0.0324. The zero-order chi connectivity index (χ0) is 14.7. The van der Waals surface area contributed by atoms with Crippen LogP contribution in [0.2, 0.25) is 0 Å². The Kier molecular flexibility index (Phi) is 3.56. The summed E-state index contributed by atoms with van der Waals surface area (Å²) in [5.41, 5.74) is 8.10. The highest BCUT2D eigenvalue weighted by molar-refractivity contribution is 5.95. The molecule has 0 aromatic heterocycles. The van der Waals surface area contributed by atoms with Gasteiger partial charge in [0, 0.05) is 11.4 Å². The van der Waals surface area contributed by atoms with Gasteiger partial charge >= 0.3 is 0 Å². The number of carbonyl (C=O) groups excluding carboxylic acids is 1. The van der Waals surface area contributed by atoms with Gasteiger partial charge in [-0.25, -0.2) is 0 Å². The zero-order valence-corrected chi connectivity index (χ0v) is 11.5. The Morgan fingerprint density at radius 1 is 0.905 bits per heavy atom. The summed E-state index contributed by atoms with van der Waals surface area (Å²) in [6.45, 7) is 0. The van der Waals surface area contributed by atoms with E-state index in [9.17, 15) is 4.79 Å². The van der Waals surface area contributed by atoms with Gasteiger partial charge in [-0.2, -0.15) is 0 Å². The first kappa shape index (κ1) is 13.2. The SMILES string of the molecule is Nc1ccc(CC(=O)Nc2ccc3ccccc3c2)cc1. The lowest BCUT2D eigenvalue weighted by Crippen LogP contribution is -2.14. The molecule has 0 atom stereocenters. The molecular weight excluding hydrogens is 260 g/mol. The molecule has 21 heavy (non-hydrogen) atoms. The number of benzene rings is 3. The summed E-state index contributed by atoms with van der Waals surface area (Å²) in [5, 5.41) is 5.20.